The van der Waals surface area contributed by atoms with Gasteiger partial charge in [-0.15, -0.1) is 0 Å². The highest BCUT2D eigenvalue weighted by molar-refractivity contribution is 5.87. The summed E-state index contributed by atoms with van der Waals surface area (Å²) in [5.74, 6) is 0. The van der Waals surface area contributed by atoms with Crippen LogP contribution >= 0.6 is 0 Å². The number of nitrogens with one attached hydrogen (secondary N) is 1. The number of rotatable bonds is 3. The van der Waals surface area contributed by atoms with Crippen LogP contribution in [0.2, 0.25) is 0 Å². The average Bonchev–Trinajstić information content (AvgIpc) is 3.23. The van der Waals surface area contributed by atoms with E-state index in [2.05, 4.69) is 47.4 Å². The van der Waals surface area contributed by atoms with Crippen LogP contribution in [0.4, 0.5) is 5.69 Å². The molecule has 0 spiro atoms. The monoisotopic (exact) mass is 357 g/mol. The van der Waals surface area contributed by atoms with Gasteiger partial charge in [-0.25, -0.2) is 4.68 Å². The standard InChI is InChI=1S/C22H23N5/c1-16-19(15-23)22(27-12-6-9-25-27)20(18-7-4-3-5-8-18)17(2)21(16)26-13-10-24-11-14-26/h3-9,12,24H,10-11,13-14H2,1-2H3. The zero-order valence-electron chi connectivity index (χ0n) is 15.7. The topological polar surface area (TPSA) is 56.9 Å². The van der Waals surface area contributed by atoms with Crippen LogP contribution < -0.4 is 10.2 Å². The molecule has 0 bridgehead atoms. The Morgan fingerprint density at radius 3 is 2.37 bits per heavy atom. The van der Waals surface area contributed by atoms with Crippen molar-refractivity contribution in [2.24, 2.45) is 0 Å². The van der Waals surface area contributed by atoms with E-state index in [-0.39, 0.29) is 0 Å². The fraction of sp³-hybridized carbons (Fsp3) is 0.273. The van der Waals surface area contributed by atoms with E-state index in [0.717, 1.165) is 48.6 Å². The maximum atomic E-state index is 10.1. The second kappa shape index (κ2) is 7.26. The quantitative estimate of drug-likeness (QED) is 0.780. The maximum Gasteiger partial charge on any atom is 0.102 e. The van der Waals surface area contributed by atoms with Crippen LogP contribution in [0.25, 0.3) is 16.8 Å². The number of anilines is 1. The molecule has 1 fully saturated rings. The Labute approximate surface area is 159 Å². The van der Waals surface area contributed by atoms with Gasteiger partial charge in [0.15, 0.2) is 0 Å². The molecule has 5 heteroatoms. The summed E-state index contributed by atoms with van der Waals surface area (Å²) >= 11 is 0. The van der Waals surface area contributed by atoms with Gasteiger partial charge >= 0.3 is 0 Å². The van der Waals surface area contributed by atoms with Crippen LogP contribution in [0, 0.1) is 25.2 Å². The number of benzene rings is 2. The number of hydrogen-bond donors (Lipinski definition) is 1. The summed E-state index contributed by atoms with van der Waals surface area (Å²) in [5, 5.41) is 17.9. The van der Waals surface area contributed by atoms with Crippen LogP contribution in [0.15, 0.2) is 48.8 Å². The molecular weight excluding hydrogens is 334 g/mol. The fourth-order valence-electron chi connectivity index (χ4n) is 4.09. The molecule has 1 aromatic heterocycles. The Morgan fingerprint density at radius 2 is 1.74 bits per heavy atom. The van der Waals surface area contributed by atoms with E-state index < -0.39 is 0 Å². The smallest absolute Gasteiger partial charge is 0.102 e. The van der Waals surface area contributed by atoms with Crippen LogP contribution in [-0.4, -0.2) is 36.0 Å². The minimum absolute atomic E-state index is 0.691. The lowest BCUT2D eigenvalue weighted by Crippen LogP contribution is -2.44. The molecule has 0 unspecified atom stereocenters. The third kappa shape index (κ3) is 2.98. The number of piperazine rings is 1. The van der Waals surface area contributed by atoms with Crippen molar-refractivity contribution in [3.63, 3.8) is 0 Å². The molecule has 2 heterocycles. The Kier molecular flexibility index (Phi) is 4.66. The first-order valence-electron chi connectivity index (χ1n) is 9.30. The predicted molar refractivity (Wildman–Crippen MR) is 108 cm³/mol. The average molecular weight is 357 g/mol. The molecule has 4 rings (SSSR count). The first-order chi connectivity index (χ1) is 13.2. The van der Waals surface area contributed by atoms with Crippen LogP contribution in [0.1, 0.15) is 16.7 Å². The zero-order valence-corrected chi connectivity index (χ0v) is 15.7. The molecule has 0 amide bonds. The van der Waals surface area contributed by atoms with E-state index in [1.807, 2.05) is 35.1 Å². The van der Waals surface area contributed by atoms with Crippen molar-refractivity contribution in [3.8, 4) is 22.9 Å². The van der Waals surface area contributed by atoms with Gasteiger partial charge in [0.25, 0.3) is 0 Å². The largest absolute Gasteiger partial charge is 0.369 e. The second-order valence-electron chi connectivity index (χ2n) is 6.86. The van der Waals surface area contributed by atoms with Crippen LogP contribution in [-0.2, 0) is 0 Å². The lowest BCUT2D eigenvalue weighted by atomic mass is 9.89. The highest BCUT2D eigenvalue weighted by Crippen LogP contribution is 2.41. The van der Waals surface area contributed by atoms with Gasteiger partial charge in [0.05, 0.1) is 11.3 Å². The summed E-state index contributed by atoms with van der Waals surface area (Å²) < 4.78 is 1.82. The predicted octanol–water partition coefficient (Wildman–Crippen LogP) is 3.44. The Morgan fingerprint density at radius 1 is 1.00 bits per heavy atom. The molecule has 0 saturated carbocycles. The molecule has 0 atom stereocenters. The van der Waals surface area contributed by atoms with Gasteiger partial charge in [0.2, 0.25) is 0 Å². The molecule has 1 aliphatic heterocycles. The lowest BCUT2D eigenvalue weighted by Gasteiger charge is -2.34. The van der Waals surface area contributed by atoms with Gasteiger partial charge in [-0.1, -0.05) is 30.3 Å². The van der Waals surface area contributed by atoms with Gasteiger partial charge in [-0.05, 0) is 36.6 Å². The SMILES string of the molecule is Cc1c(C#N)c(-n2cccn2)c(-c2ccccc2)c(C)c1N1CCNCC1. The van der Waals surface area contributed by atoms with Crippen molar-refractivity contribution in [3.05, 3.63) is 65.5 Å². The summed E-state index contributed by atoms with van der Waals surface area (Å²) in [6.45, 7) is 8.04. The summed E-state index contributed by atoms with van der Waals surface area (Å²) in [6.07, 6.45) is 3.66. The number of nitriles is 1. The lowest BCUT2D eigenvalue weighted by molar-refractivity contribution is 0.587. The van der Waals surface area contributed by atoms with E-state index in [9.17, 15) is 5.26 Å². The van der Waals surface area contributed by atoms with Crippen molar-refractivity contribution in [1.29, 1.82) is 5.26 Å². The molecule has 1 saturated heterocycles. The normalized spacial score (nSPS) is 14.2. The van der Waals surface area contributed by atoms with E-state index in [1.54, 1.807) is 6.20 Å². The molecule has 0 aliphatic carbocycles. The van der Waals surface area contributed by atoms with Gasteiger partial charge < -0.3 is 10.2 Å². The van der Waals surface area contributed by atoms with Crippen LogP contribution in [0.3, 0.4) is 0 Å². The Balaban J connectivity index is 2.06. The Hall–Kier alpha value is -3.10. The van der Waals surface area contributed by atoms with E-state index >= 15 is 0 Å². The molecule has 1 N–H and O–H groups in total. The molecule has 1 aliphatic rings. The summed E-state index contributed by atoms with van der Waals surface area (Å²) in [5.41, 5.74) is 7.15. The van der Waals surface area contributed by atoms with Crippen molar-refractivity contribution in [2.75, 3.05) is 31.1 Å². The molecule has 2 aromatic carbocycles. The van der Waals surface area contributed by atoms with Crippen molar-refractivity contribution >= 4 is 5.69 Å². The molecule has 0 radical (unpaired) electrons. The van der Waals surface area contributed by atoms with Crippen molar-refractivity contribution in [2.45, 2.75) is 13.8 Å². The van der Waals surface area contributed by atoms with Crippen LogP contribution in [0.5, 0.6) is 0 Å². The first kappa shape index (κ1) is 17.3. The fourth-order valence-corrected chi connectivity index (χ4v) is 4.09. The van der Waals surface area contributed by atoms with Crippen molar-refractivity contribution in [1.82, 2.24) is 15.1 Å². The summed E-state index contributed by atoms with van der Waals surface area (Å²) in [7, 11) is 0. The Bertz CT molecular complexity index is 978. The minimum atomic E-state index is 0.691. The van der Waals surface area contributed by atoms with Crippen molar-refractivity contribution < 1.29 is 0 Å². The third-order valence-electron chi connectivity index (χ3n) is 5.28. The minimum Gasteiger partial charge on any atom is -0.369 e. The number of aromatic nitrogens is 2. The highest BCUT2D eigenvalue weighted by Gasteiger charge is 2.25. The maximum absolute atomic E-state index is 10.1. The molecule has 5 nitrogen and oxygen atoms in total. The number of nitrogens with zero attached hydrogens (tertiary/aromatic N) is 4. The second-order valence-corrected chi connectivity index (χ2v) is 6.86. The van der Waals surface area contributed by atoms with E-state index in [4.69, 9.17) is 0 Å². The van der Waals surface area contributed by atoms with Gasteiger partial charge in [-0.3, -0.25) is 0 Å². The highest BCUT2D eigenvalue weighted by atomic mass is 15.3. The zero-order chi connectivity index (χ0) is 18.8. The summed E-state index contributed by atoms with van der Waals surface area (Å²) in [4.78, 5) is 2.40. The molecule has 3 aromatic rings. The van der Waals surface area contributed by atoms with Gasteiger partial charge in [0, 0.05) is 49.8 Å². The molecule has 27 heavy (non-hydrogen) atoms. The number of hydrogen-bond acceptors (Lipinski definition) is 4. The molecule has 136 valence electrons. The van der Waals surface area contributed by atoms with Gasteiger partial charge in [-0.2, -0.15) is 10.4 Å². The molecular formula is C22H23N5. The third-order valence-corrected chi connectivity index (χ3v) is 5.28. The van der Waals surface area contributed by atoms with E-state index in [1.165, 1.54) is 11.3 Å². The first-order valence-corrected chi connectivity index (χ1v) is 9.30. The van der Waals surface area contributed by atoms with E-state index in [0.29, 0.717) is 5.56 Å². The van der Waals surface area contributed by atoms with Gasteiger partial charge in [0.1, 0.15) is 6.07 Å². The summed E-state index contributed by atoms with van der Waals surface area (Å²) in [6, 6.07) is 14.7.